The van der Waals surface area contributed by atoms with E-state index in [0.29, 0.717) is 46.3 Å². The van der Waals surface area contributed by atoms with Crippen molar-refractivity contribution < 1.29 is 14.3 Å². The van der Waals surface area contributed by atoms with E-state index < -0.39 is 0 Å². The molecule has 3 aromatic rings. The Kier molecular flexibility index (Phi) is 7.10. The number of thiophene rings is 1. The fourth-order valence-corrected chi connectivity index (χ4v) is 4.10. The van der Waals surface area contributed by atoms with Crippen LogP contribution in [0.2, 0.25) is 0 Å². The minimum Gasteiger partial charge on any atom is -0.497 e. The first-order valence-corrected chi connectivity index (χ1v) is 10.8. The molecule has 160 valence electrons. The number of amides is 1. The van der Waals surface area contributed by atoms with Crippen molar-refractivity contribution in [2.45, 2.75) is 46.5 Å². The zero-order valence-corrected chi connectivity index (χ0v) is 18.6. The minimum atomic E-state index is -0.190. The molecule has 2 N–H and O–H groups in total. The summed E-state index contributed by atoms with van der Waals surface area (Å²) in [5.41, 5.74) is 1.37. The fourth-order valence-electron chi connectivity index (χ4n) is 3.05. The van der Waals surface area contributed by atoms with Crippen molar-refractivity contribution in [3.63, 3.8) is 0 Å². The molecule has 0 saturated heterocycles. The molecule has 1 aromatic carbocycles. The summed E-state index contributed by atoms with van der Waals surface area (Å²) < 4.78 is 11.0. The number of aryl methyl sites for hydroxylation is 3. The number of nitrogens with one attached hydrogen (secondary N) is 2. The normalized spacial score (nSPS) is 10.9. The highest BCUT2D eigenvalue weighted by Gasteiger charge is 2.14. The molecular formula is C22H27N3O4S. The third-order valence-corrected chi connectivity index (χ3v) is 5.99. The number of hydrogen-bond donors (Lipinski definition) is 2. The van der Waals surface area contributed by atoms with Crippen molar-refractivity contribution in [3.05, 3.63) is 44.8 Å². The van der Waals surface area contributed by atoms with Gasteiger partial charge in [-0.25, -0.2) is 4.98 Å². The first kappa shape index (κ1) is 21.8. The molecule has 1 amide bonds. The molecule has 0 aliphatic heterocycles. The summed E-state index contributed by atoms with van der Waals surface area (Å²) in [5.74, 6) is 1.56. The number of ether oxygens (including phenoxy) is 2. The van der Waals surface area contributed by atoms with Crippen molar-refractivity contribution in [2.75, 3.05) is 19.0 Å². The number of rotatable bonds is 9. The van der Waals surface area contributed by atoms with E-state index in [0.717, 1.165) is 23.3 Å². The van der Waals surface area contributed by atoms with Crippen LogP contribution in [0.4, 0.5) is 5.69 Å². The first-order chi connectivity index (χ1) is 14.4. The van der Waals surface area contributed by atoms with Crippen LogP contribution in [0.5, 0.6) is 11.5 Å². The quantitative estimate of drug-likeness (QED) is 0.493. The SMILES string of the molecule is CCCCOc1ccc(OC)cc1NC(=O)CCc1nc2sc(C)c(C)c2c(=O)[nH]1. The van der Waals surface area contributed by atoms with Crippen LogP contribution in [0.1, 0.15) is 42.5 Å². The molecule has 2 aromatic heterocycles. The van der Waals surface area contributed by atoms with E-state index in [2.05, 4.69) is 22.2 Å². The van der Waals surface area contributed by atoms with E-state index in [-0.39, 0.29) is 17.9 Å². The molecule has 0 atom stereocenters. The lowest BCUT2D eigenvalue weighted by Gasteiger charge is -2.14. The summed E-state index contributed by atoms with van der Waals surface area (Å²) in [6, 6.07) is 5.33. The summed E-state index contributed by atoms with van der Waals surface area (Å²) >= 11 is 1.50. The van der Waals surface area contributed by atoms with Gasteiger partial charge >= 0.3 is 0 Å². The number of aromatic nitrogens is 2. The highest BCUT2D eigenvalue weighted by molar-refractivity contribution is 7.18. The average Bonchev–Trinajstić information content (AvgIpc) is 3.01. The van der Waals surface area contributed by atoms with Crippen molar-refractivity contribution in [2.24, 2.45) is 0 Å². The Morgan fingerprint density at radius 3 is 2.83 bits per heavy atom. The monoisotopic (exact) mass is 429 g/mol. The molecule has 0 aliphatic rings. The summed E-state index contributed by atoms with van der Waals surface area (Å²) in [6.07, 6.45) is 2.48. The average molecular weight is 430 g/mol. The van der Waals surface area contributed by atoms with Gasteiger partial charge < -0.3 is 19.8 Å². The van der Waals surface area contributed by atoms with Gasteiger partial charge in [-0.3, -0.25) is 9.59 Å². The Bertz CT molecular complexity index is 1100. The first-order valence-electron chi connectivity index (χ1n) is 10.0. The molecule has 2 heterocycles. The Balaban J connectivity index is 1.70. The number of fused-ring (bicyclic) bond motifs is 1. The van der Waals surface area contributed by atoms with E-state index in [1.807, 2.05) is 13.8 Å². The lowest BCUT2D eigenvalue weighted by Crippen LogP contribution is -2.16. The van der Waals surface area contributed by atoms with Gasteiger partial charge in [0, 0.05) is 23.8 Å². The highest BCUT2D eigenvalue weighted by Crippen LogP contribution is 2.30. The number of nitrogens with zero attached hydrogens (tertiary/aromatic N) is 1. The van der Waals surface area contributed by atoms with Crippen LogP contribution in [-0.2, 0) is 11.2 Å². The Morgan fingerprint density at radius 1 is 1.30 bits per heavy atom. The number of methoxy groups -OCH3 is 1. The molecule has 0 radical (unpaired) electrons. The van der Waals surface area contributed by atoms with Crippen LogP contribution in [-0.4, -0.2) is 29.6 Å². The van der Waals surface area contributed by atoms with Gasteiger partial charge in [-0.15, -0.1) is 11.3 Å². The number of benzene rings is 1. The van der Waals surface area contributed by atoms with E-state index >= 15 is 0 Å². The molecule has 3 rings (SSSR count). The summed E-state index contributed by atoms with van der Waals surface area (Å²) in [4.78, 5) is 34.1. The predicted molar refractivity (Wildman–Crippen MR) is 120 cm³/mol. The molecule has 0 aliphatic carbocycles. The third-order valence-electron chi connectivity index (χ3n) is 4.89. The molecule has 0 bridgehead atoms. The largest absolute Gasteiger partial charge is 0.497 e. The van der Waals surface area contributed by atoms with Gasteiger partial charge in [-0.1, -0.05) is 13.3 Å². The van der Waals surface area contributed by atoms with Gasteiger partial charge in [0.2, 0.25) is 5.91 Å². The van der Waals surface area contributed by atoms with Gasteiger partial charge in [0.05, 0.1) is 24.8 Å². The maximum atomic E-state index is 12.5. The summed E-state index contributed by atoms with van der Waals surface area (Å²) in [5, 5.41) is 3.52. The van der Waals surface area contributed by atoms with Gasteiger partial charge in [0.15, 0.2) is 0 Å². The number of aromatic amines is 1. The second-order valence-electron chi connectivity index (χ2n) is 7.09. The Morgan fingerprint density at radius 2 is 2.10 bits per heavy atom. The van der Waals surface area contributed by atoms with Gasteiger partial charge in [0.1, 0.15) is 22.2 Å². The number of hydrogen-bond acceptors (Lipinski definition) is 6. The van der Waals surface area contributed by atoms with Crippen LogP contribution in [0.15, 0.2) is 23.0 Å². The van der Waals surface area contributed by atoms with Crippen molar-refractivity contribution in [3.8, 4) is 11.5 Å². The maximum absolute atomic E-state index is 12.5. The van der Waals surface area contributed by atoms with Gasteiger partial charge in [-0.2, -0.15) is 0 Å². The zero-order chi connectivity index (χ0) is 21.7. The number of unbranched alkanes of at least 4 members (excludes halogenated alkanes) is 1. The Hall–Kier alpha value is -2.87. The lowest BCUT2D eigenvalue weighted by molar-refractivity contribution is -0.116. The van der Waals surface area contributed by atoms with Crippen LogP contribution in [0.3, 0.4) is 0 Å². The third kappa shape index (κ3) is 4.99. The minimum absolute atomic E-state index is 0.156. The molecule has 30 heavy (non-hydrogen) atoms. The van der Waals surface area contributed by atoms with Crippen LogP contribution < -0.4 is 20.3 Å². The smallest absolute Gasteiger partial charge is 0.259 e. The molecule has 0 fully saturated rings. The molecule has 7 nitrogen and oxygen atoms in total. The molecular weight excluding hydrogens is 402 g/mol. The van der Waals surface area contributed by atoms with Crippen LogP contribution in [0.25, 0.3) is 10.2 Å². The molecule has 8 heteroatoms. The number of anilines is 1. The predicted octanol–water partition coefficient (Wildman–Crippen LogP) is 4.36. The van der Waals surface area contributed by atoms with Crippen molar-refractivity contribution in [1.82, 2.24) is 9.97 Å². The number of carbonyl (C=O) groups excluding carboxylic acids is 1. The van der Waals surface area contributed by atoms with Crippen molar-refractivity contribution in [1.29, 1.82) is 0 Å². The van der Waals surface area contributed by atoms with Gasteiger partial charge in [-0.05, 0) is 38.0 Å². The second-order valence-corrected chi connectivity index (χ2v) is 8.29. The number of H-pyrrole nitrogens is 1. The lowest BCUT2D eigenvalue weighted by atomic mass is 10.2. The fraction of sp³-hybridized carbons (Fsp3) is 0.409. The number of carbonyl (C=O) groups is 1. The van der Waals surface area contributed by atoms with Gasteiger partial charge in [0.25, 0.3) is 5.56 Å². The van der Waals surface area contributed by atoms with E-state index in [1.54, 1.807) is 25.3 Å². The summed E-state index contributed by atoms with van der Waals surface area (Å²) in [6.45, 7) is 6.57. The molecule has 0 unspecified atom stereocenters. The molecule has 0 spiro atoms. The Labute approximate surface area is 179 Å². The van der Waals surface area contributed by atoms with E-state index in [4.69, 9.17) is 9.47 Å². The highest BCUT2D eigenvalue weighted by atomic mass is 32.1. The van der Waals surface area contributed by atoms with Crippen LogP contribution >= 0.6 is 11.3 Å². The van der Waals surface area contributed by atoms with Crippen molar-refractivity contribution >= 4 is 33.1 Å². The second kappa shape index (κ2) is 9.75. The summed E-state index contributed by atoms with van der Waals surface area (Å²) in [7, 11) is 1.57. The standard InChI is InChI=1S/C22H27N3O4S/c1-5-6-11-29-17-8-7-15(28-4)12-16(17)23-19(26)10-9-18-24-21(27)20-13(2)14(3)30-22(20)25-18/h7-8,12H,5-6,9-11H2,1-4H3,(H,23,26)(H,24,25,27). The zero-order valence-electron chi connectivity index (χ0n) is 17.8. The van der Waals surface area contributed by atoms with E-state index in [1.165, 1.54) is 11.3 Å². The molecule has 0 saturated carbocycles. The van der Waals surface area contributed by atoms with E-state index in [9.17, 15) is 9.59 Å². The maximum Gasteiger partial charge on any atom is 0.259 e. The topological polar surface area (TPSA) is 93.3 Å². The van der Waals surface area contributed by atoms with Crippen LogP contribution in [0, 0.1) is 13.8 Å².